The predicted octanol–water partition coefficient (Wildman–Crippen LogP) is 18.2. The Morgan fingerprint density at radius 3 is 0.643 bits per heavy atom. The molecule has 5 heterocycles. The molecule has 0 radical (unpaired) electrons. The summed E-state index contributed by atoms with van der Waals surface area (Å²) in [5.41, 5.74) is 3.11. The van der Waals surface area contributed by atoms with Crippen LogP contribution in [-0.4, -0.2) is 39.9 Å². The number of nitrogens with one attached hydrogen (secondary N) is 2. The second-order valence-corrected chi connectivity index (χ2v) is 21.0. The number of nitrogens with zero attached hydrogens (tertiary/aromatic N) is 6. The van der Waals surface area contributed by atoms with Crippen LogP contribution in [0.1, 0.15) is 0 Å². The third-order valence-corrected chi connectivity index (χ3v) is 20.3. The lowest BCUT2D eigenvalue weighted by atomic mass is 10.1. The van der Waals surface area contributed by atoms with Gasteiger partial charge >= 0.3 is 0 Å². The van der Waals surface area contributed by atoms with Crippen molar-refractivity contribution in [2.45, 2.75) is 0 Å². The van der Waals surface area contributed by atoms with Gasteiger partial charge in [-0.1, -0.05) is 92.8 Å². The van der Waals surface area contributed by atoms with Gasteiger partial charge in [-0.15, -0.1) is 0 Å². The molecule has 4 aromatic carbocycles. The van der Waals surface area contributed by atoms with Crippen molar-refractivity contribution >= 4 is 264 Å². The standard InChI is InChI=1S/C32H2Br8Cl8N8/c33-9-1-2(10(34)18(42)17(9)41)26-49-25(1)53-27-3-4(12(36)20(44)19(43)11(3)35)29(50-27)55-31-7-8(16(40)24(48)23(47)15(7)39)32(52-31)56-30-6-5(28(51-30)54-26)13(37)21(45)22(46)14(6)38/h(H2,49,50,51,52,53,54,55,56). The van der Waals surface area contributed by atoms with Gasteiger partial charge in [-0.2, -0.15) is 0 Å². The van der Waals surface area contributed by atoms with Gasteiger partial charge in [-0.3, -0.25) is 0 Å². The molecule has 2 aliphatic rings. The lowest BCUT2D eigenvalue weighted by Crippen LogP contribution is -1.89. The Kier molecular flexibility index (Phi) is 11.2. The van der Waals surface area contributed by atoms with Crippen LogP contribution in [0.25, 0.3) is 89.7 Å². The second-order valence-electron chi connectivity index (χ2n) is 11.6. The van der Waals surface area contributed by atoms with Crippen molar-refractivity contribution in [1.82, 2.24) is 39.9 Å². The number of benzene rings is 4. The summed E-state index contributed by atoms with van der Waals surface area (Å²) in [7, 11) is 0. The minimum atomic E-state index is 0.204. The fraction of sp³-hybridized carbons (Fsp3) is 0. The highest BCUT2D eigenvalue weighted by atomic mass is 79.9. The summed E-state index contributed by atoms with van der Waals surface area (Å²) in [6.07, 6.45) is 0. The molecule has 8 nitrogen and oxygen atoms in total. The van der Waals surface area contributed by atoms with E-state index in [2.05, 4.69) is 137 Å². The zero-order chi connectivity index (χ0) is 40.1. The van der Waals surface area contributed by atoms with Crippen LogP contribution in [0.2, 0.25) is 40.2 Å². The molecule has 0 fully saturated rings. The van der Waals surface area contributed by atoms with Gasteiger partial charge in [-0.05, 0) is 127 Å². The minimum absolute atomic E-state index is 0.204. The molecule has 0 atom stereocenters. The van der Waals surface area contributed by atoms with Gasteiger partial charge in [0.15, 0.2) is 23.3 Å². The van der Waals surface area contributed by atoms with Crippen LogP contribution in [0.3, 0.4) is 0 Å². The SMILES string of the molecule is Clc1c(Cl)c(Br)c2c(c1Br)-c1nc-2nc2[nH]c(nc3nc(nc4[nH]c(n1)c1c(Br)c(Cl)c(Cl)c(Br)c41)-c1c(Br)c(Cl)c(Cl)c(Br)c1-3)c1c(Br)c(Cl)c(Cl)c(Br)c21. The minimum Gasteiger partial charge on any atom is -0.324 e. The van der Waals surface area contributed by atoms with Crippen molar-refractivity contribution < 1.29 is 0 Å². The Bertz CT molecular complexity index is 2830. The highest BCUT2D eigenvalue weighted by molar-refractivity contribution is 9.12. The second kappa shape index (κ2) is 15.0. The number of halogens is 16. The molecule has 0 spiro atoms. The molecule has 2 aliphatic heterocycles. The Morgan fingerprint density at radius 2 is 0.446 bits per heavy atom. The normalized spacial score (nSPS) is 12.3. The van der Waals surface area contributed by atoms with E-state index in [0.29, 0.717) is 102 Å². The fourth-order valence-electron chi connectivity index (χ4n) is 6.24. The molecule has 0 amide bonds. The van der Waals surface area contributed by atoms with Crippen LogP contribution in [0, 0.1) is 0 Å². The van der Waals surface area contributed by atoms with Gasteiger partial charge in [0, 0.05) is 79.6 Å². The monoisotopic (exact) mass is 1410 g/mol. The molecule has 0 unspecified atom stereocenters. The molecule has 9 rings (SSSR count). The summed E-state index contributed by atoms with van der Waals surface area (Å²) in [4.78, 5) is 36.8. The maximum Gasteiger partial charge on any atom is 0.165 e. The topological polar surface area (TPSA) is 109 Å². The maximum absolute atomic E-state index is 6.76. The smallest absolute Gasteiger partial charge is 0.165 e. The molecule has 56 heavy (non-hydrogen) atoms. The number of fused-ring (bicyclic) bond motifs is 20. The van der Waals surface area contributed by atoms with Gasteiger partial charge < -0.3 is 9.97 Å². The third-order valence-electron chi connectivity index (χ3n) is 8.68. The zero-order valence-corrected chi connectivity index (χ0v) is 44.5. The van der Waals surface area contributed by atoms with E-state index >= 15 is 0 Å². The number of aromatic nitrogens is 8. The molecule has 3 aromatic heterocycles. The number of rotatable bonds is 0. The maximum atomic E-state index is 6.76. The lowest BCUT2D eigenvalue weighted by Gasteiger charge is -2.10. The molecule has 0 saturated carbocycles. The van der Waals surface area contributed by atoms with Crippen molar-refractivity contribution in [2.24, 2.45) is 0 Å². The molecule has 282 valence electrons. The quantitative estimate of drug-likeness (QED) is 0.116. The first kappa shape index (κ1) is 41.7. The lowest BCUT2D eigenvalue weighted by molar-refractivity contribution is 1.19. The van der Waals surface area contributed by atoms with Crippen molar-refractivity contribution in [3.8, 4) is 45.6 Å². The average molecular weight is 1420 g/mol. The fourth-order valence-corrected chi connectivity index (χ4v) is 13.3. The van der Waals surface area contributed by atoms with Gasteiger partial charge in [0.1, 0.15) is 22.6 Å². The Morgan fingerprint density at radius 1 is 0.268 bits per heavy atom. The highest BCUT2D eigenvalue weighted by Gasteiger charge is 2.33. The average Bonchev–Trinajstić information content (AvgIpc) is 3.92. The van der Waals surface area contributed by atoms with Crippen molar-refractivity contribution in [2.75, 3.05) is 0 Å². The number of aromatic amines is 2. The molecule has 0 saturated heterocycles. The van der Waals surface area contributed by atoms with Gasteiger partial charge in [0.2, 0.25) is 0 Å². The predicted molar refractivity (Wildman–Crippen MR) is 258 cm³/mol. The summed E-state index contributed by atoms with van der Waals surface area (Å²) < 4.78 is 3.43. The zero-order valence-electron chi connectivity index (χ0n) is 25.7. The van der Waals surface area contributed by atoms with E-state index in [9.17, 15) is 0 Å². The van der Waals surface area contributed by atoms with Crippen molar-refractivity contribution in [3.63, 3.8) is 0 Å². The van der Waals surface area contributed by atoms with Crippen LogP contribution in [0.4, 0.5) is 0 Å². The van der Waals surface area contributed by atoms with Crippen molar-refractivity contribution in [1.29, 1.82) is 0 Å². The molecule has 7 aromatic rings. The molecular formula is C32H2Br8Cl8N8. The van der Waals surface area contributed by atoms with Crippen LogP contribution in [-0.2, 0) is 0 Å². The van der Waals surface area contributed by atoms with Crippen molar-refractivity contribution in [3.05, 3.63) is 76.0 Å². The molecular weight excluding hydrogens is 1420 g/mol. The van der Waals surface area contributed by atoms with E-state index in [0.717, 1.165) is 0 Å². The summed E-state index contributed by atoms with van der Waals surface area (Å²) in [6.45, 7) is 0. The molecule has 0 aliphatic carbocycles. The number of hydrogen-bond donors (Lipinski definition) is 2. The molecule has 24 heteroatoms. The van der Waals surface area contributed by atoms with Crippen LogP contribution in [0.5, 0.6) is 0 Å². The van der Waals surface area contributed by atoms with Crippen LogP contribution >= 0.6 is 220 Å². The summed E-state index contributed by atoms with van der Waals surface area (Å²) in [5.74, 6) is 0.815. The van der Waals surface area contributed by atoms with Gasteiger partial charge in [-0.25, -0.2) is 29.9 Å². The number of hydrogen-bond acceptors (Lipinski definition) is 6. The third kappa shape index (κ3) is 6.03. The first-order valence-corrected chi connectivity index (χ1v) is 24.1. The Hall–Kier alpha value is 0.400. The Labute approximate surface area is 419 Å². The van der Waals surface area contributed by atoms with E-state index in [1.165, 1.54) is 0 Å². The first-order chi connectivity index (χ1) is 26.4. The van der Waals surface area contributed by atoms with E-state index in [-0.39, 0.29) is 63.5 Å². The summed E-state index contributed by atoms with van der Waals surface area (Å²) in [5, 5.41) is 3.85. The van der Waals surface area contributed by atoms with Gasteiger partial charge in [0.05, 0.1) is 40.2 Å². The van der Waals surface area contributed by atoms with E-state index in [4.69, 9.17) is 123 Å². The summed E-state index contributed by atoms with van der Waals surface area (Å²) >= 11 is 83.2. The first-order valence-electron chi connectivity index (χ1n) is 14.7. The van der Waals surface area contributed by atoms with Gasteiger partial charge in [0.25, 0.3) is 0 Å². The van der Waals surface area contributed by atoms with Crippen LogP contribution in [0.15, 0.2) is 35.8 Å². The Balaban J connectivity index is 1.61. The number of H-pyrrole nitrogens is 2. The van der Waals surface area contributed by atoms with Crippen LogP contribution < -0.4 is 0 Å². The molecule has 8 bridgehead atoms. The van der Waals surface area contributed by atoms with E-state index in [1.807, 2.05) is 0 Å². The molecule has 2 N–H and O–H groups in total. The summed E-state index contributed by atoms with van der Waals surface area (Å²) in [6, 6.07) is 0. The van der Waals surface area contributed by atoms with E-state index < -0.39 is 0 Å². The highest BCUT2D eigenvalue weighted by Crippen LogP contribution is 2.54. The van der Waals surface area contributed by atoms with E-state index in [1.54, 1.807) is 0 Å². The largest absolute Gasteiger partial charge is 0.324 e.